The zero-order valence-electron chi connectivity index (χ0n) is 7.68. The molecule has 1 aromatic rings. The van der Waals surface area contributed by atoms with Crippen molar-refractivity contribution in [1.82, 2.24) is 0 Å². The standard InChI is InChI=1S/C10H9Br2NO/c1-7-4-9(12)5-8(6-11)10(7)14-3-2-13/h4-5H,3,6H2,1H3. The summed E-state index contributed by atoms with van der Waals surface area (Å²) in [6.45, 7) is 2.05. The van der Waals surface area contributed by atoms with Crippen molar-refractivity contribution in [1.29, 1.82) is 5.26 Å². The highest BCUT2D eigenvalue weighted by atomic mass is 79.9. The Morgan fingerprint density at radius 1 is 1.50 bits per heavy atom. The Labute approximate surface area is 100 Å². The Morgan fingerprint density at radius 2 is 2.21 bits per heavy atom. The lowest BCUT2D eigenvalue weighted by molar-refractivity contribution is 0.362. The highest BCUT2D eigenvalue weighted by Crippen LogP contribution is 2.29. The Bertz CT molecular complexity index is 371. The third-order valence-corrected chi connectivity index (χ3v) is 2.80. The first-order valence-electron chi connectivity index (χ1n) is 4.03. The fourth-order valence-electron chi connectivity index (χ4n) is 1.21. The molecule has 0 amide bonds. The van der Waals surface area contributed by atoms with E-state index in [-0.39, 0.29) is 6.61 Å². The monoisotopic (exact) mass is 317 g/mol. The van der Waals surface area contributed by atoms with Crippen LogP contribution in [0.5, 0.6) is 5.75 Å². The van der Waals surface area contributed by atoms with Gasteiger partial charge in [-0.2, -0.15) is 5.26 Å². The fraction of sp³-hybridized carbons (Fsp3) is 0.300. The molecule has 1 aromatic carbocycles. The van der Waals surface area contributed by atoms with E-state index >= 15 is 0 Å². The minimum atomic E-state index is 0.0858. The number of hydrogen-bond acceptors (Lipinski definition) is 2. The number of hydrogen-bond donors (Lipinski definition) is 0. The lowest BCUT2D eigenvalue weighted by Crippen LogP contribution is -1.99. The minimum absolute atomic E-state index is 0.0858. The first-order chi connectivity index (χ1) is 6.69. The molecule has 0 aliphatic carbocycles. The van der Waals surface area contributed by atoms with Crippen molar-refractivity contribution in [3.05, 3.63) is 27.7 Å². The van der Waals surface area contributed by atoms with Crippen molar-refractivity contribution in [2.75, 3.05) is 6.61 Å². The predicted octanol–water partition coefficient (Wildman–Crippen LogP) is 3.55. The van der Waals surface area contributed by atoms with Gasteiger partial charge in [0.05, 0.1) is 0 Å². The molecule has 0 aliphatic rings. The molecule has 2 nitrogen and oxygen atoms in total. The average molecular weight is 319 g/mol. The van der Waals surface area contributed by atoms with Gasteiger partial charge < -0.3 is 4.74 Å². The third kappa shape index (κ3) is 2.73. The number of ether oxygens (including phenoxy) is 1. The molecule has 0 aromatic heterocycles. The zero-order valence-corrected chi connectivity index (χ0v) is 10.9. The second kappa shape index (κ2) is 5.38. The number of benzene rings is 1. The van der Waals surface area contributed by atoms with E-state index in [1.807, 2.05) is 25.1 Å². The first-order valence-corrected chi connectivity index (χ1v) is 5.95. The summed E-state index contributed by atoms with van der Waals surface area (Å²) < 4.78 is 6.37. The van der Waals surface area contributed by atoms with Gasteiger partial charge in [-0.15, -0.1) is 0 Å². The summed E-state index contributed by atoms with van der Waals surface area (Å²) >= 11 is 6.80. The molecule has 0 aliphatic heterocycles. The van der Waals surface area contributed by atoms with E-state index in [2.05, 4.69) is 31.9 Å². The summed E-state index contributed by atoms with van der Waals surface area (Å²) in [5.74, 6) is 0.798. The number of nitrogens with zero attached hydrogens (tertiary/aromatic N) is 1. The Morgan fingerprint density at radius 3 is 2.79 bits per heavy atom. The molecule has 14 heavy (non-hydrogen) atoms. The van der Waals surface area contributed by atoms with Gasteiger partial charge in [-0.25, -0.2) is 0 Å². The highest BCUT2D eigenvalue weighted by molar-refractivity contribution is 9.10. The minimum Gasteiger partial charge on any atom is -0.478 e. The van der Waals surface area contributed by atoms with Gasteiger partial charge in [0.2, 0.25) is 0 Å². The summed E-state index contributed by atoms with van der Waals surface area (Å²) in [6.07, 6.45) is 0. The van der Waals surface area contributed by atoms with Crippen molar-refractivity contribution in [2.24, 2.45) is 0 Å². The maximum Gasteiger partial charge on any atom is 0.174 e. The van der Waals surface area contributed by atoms with E-state index in [9.17, 15) is 0 Å². The second-order valence-electron chi connectivity index (χ2n) is 2.79. The molecule has 0 N–H and O–H groups in total. The summed E-state index contributed by atoms with van der Waals surface area (Å²) in [5.41, 5.74) is 2.08. The third-order valence-electron chi connectivity index (χ3n) is 1.74. The summed E-state index contributed by atoms with van der Waals surface area (Å²) in [6, 6.07) is 5.91. The molecule has 1 rings (SSSR count). The normalized spacial score (nSPS) is 9.57. The van der Waals surface area contributed by atoms with Crippen molar-refractivity contribution < 1.29 is 4.74 Å². The average Bonchev–Trinajstić information content (AvgIpc) is 2.15. The smallest absolute Gasteiger partial charge is 0.174 e. The number of rotatable bonds is 3. The summed E-state index contributed by atoms with van der Waals surface area (Å²) in [4.78, 5) is 0. The number of halogens is 2. The van der Waals surface area contributed by atoms with Crippen molar-refractivity contribution in [3.63, 3.8) is 0 Å². The van der Waals surface area contributed by atoms with Crippen LogP contribution >= 0.6 is 31.9 Å². The van der Waals surface area contributed by atoms with Crippen LogP contribution in [0, 0.1) is 18.3 Å². The Hall–Kier alpha value is -0.530. The van der Waals surface area contributed by atoms with E-state index < -0.39 is 0 Å². The van der Waals surface area contributed by atoms with Crippen LogP contribution in [-0.4, -0.2) is 6.61 Å². The zero-order chi connectivity index (χ0) is 10.6. The number of alkyl halides is 1. The van der Waals surface area contributed by atoms with Gasteiger partial charge in [0.25, 0.3) is 0 Å². The molecule has 0 fully saturated rings. The molecular weight excluding hydrogens is 310 g/mol. The van der Waals surface area contributed by atoms with E-state index in [1.165, 1.54) is 0 Å². The van der Waals surface area contributed by atoms with Crippen molar-refractivity contribution in [3.8, 4) is 11.8 Å². The molecule has 0 spiro atoms. The van der Waals surface area contributed by atoms with Crippen LogP contribution in [0.1, 0.15) is 11.1 Å². The van der Waals surface area contributed by atoms with Gasteiger partial charge >= 0.3 is 0 Å². The van der Waals surface area contributed by atoms with Crippen LogP contribution in [0.2, 0.25) is 0 Å². The molecule has 0 radical (unpaired) electrons. The SMILES string of the molecule is Cc1cc(Br)cc(CBr)c1OCC#N. The van der Waals surface area contributed by atoms with E-state index in [4.69, 9.17) is 10.00 Å². The van der Waals surface area contributed by atoms with Gasteiger partial charge in [0, 0.05) is 15.4 Å². The van der Waals surface area contributed by atoms with Crippen LogP contribution in [-0.2, 0) is 5.33 Å². The number of nitriles is 1. The molecule has 0 bridgehead atoms. The van der Waals surface area contributed by atoms with E-state index in [0.29, 0.717) is 5.33 Å². The van der Waals surface area contributed by atoms with Crippen LogP contribution in [0.3, 0.4) is 0 Å². The molecule has 0 saturated carbocycles. The lowest BCUT2D eigenvalue weighted by atomic mass is 10.1. The molecule has 74 valence electrons. The van der Waals surface area contributed by atoms with Crippen LogP contribution in [0.25, 0.3) is 0 Å². The first kappa shape index (κ1) is 11.5. The van der Waals surface area contributed by atoms with Gasteiger partial charge in [-0.05, 0) is 24.6 Å². The van der Waals surface area contributed by atoms with Gasteiger partial charge in [-0.1, -0.05) is 31.9 Å². The largest absolute Gasteiger partial charge is 0.478 e. The molecule has 0 atom stereocenters. The predicted molar refractivity (Wildman–Crippen MR) is 62.6 cm³/mol. The van der Waals surface area contributed by atoms with Gasteiger partial charge in [0.1, 0.15) is 11.8 Å². The lowest BCUT2D eigenvalue weighted by Gasteiger charge is -2.11. The molecular formula is C10H9Br2NO. The van der Waals surface area contributed by atoms with Crippen LogP contribution in [0.4, 0.5) is 0 Å². The van der Waals surface area contributed by atoms with E-state index in [1.54, 1.807) is 0 Å². The Kier molecular flexibility index (Phi) is 4.43. The topological polar surface area (TPSA) is 33.0 Å². The van der Waals surface area contributed by atoms with Crippen LogP contribution < -0.4 is 4.74 Å². The Balaban J connectivity index is 3.06. The maximum atomic E-state index is 8.44. The summed E-state index contributed by atoms with van der Waals surface area (Å²) in [7, 11) is 0. The van der Waals surface area contributed by atoms with Crippen molar-refractivity contribution in [2.45, 2.75) is 12.3 Å². The maximum absolute atomic E-state index is 8.44. The quantitative estimate of drug-likeness (QED) is 0.798. The van der Waals surface area contributed by atoms with E-state index in [0.717, 1.165) is 21.3 Å². The van der Waals surface area contributed by atoms with Crippen molar-refractivity contribution >= 4 is 31.9 Å². The molecule has 0 saturated heterocycles. The van der Waals surface area contributed by atoms with Gasteiger partial charge in [-0.3, -0.25) is 0 Å². The van der Waals surface area contributed by atoms with Gasteiger partial charge in [0.15, 0.2) is 6.61 Å². The second-order valence-corrected chi connectivity index (χ2v) is 4.27. The summed E-state index contributed by atoms with van der Waals surface area (Å²) in [5, 5.41) is 9.16. The number of aryl methyl sites for hydroxylation is 1. The van der Waals surface area contributed by atoms with Crippen LogP contribution in [0.15, 0.2) is 16.6 Å². The molecule has 4 heteroatoms. The molecule has 0 heterocycles. The fourth-order valence-corrected chi connectivity index (χ4v) is 2.25. The molecule has 0 unspecified atom stereocenters. The highest BCUT2D eigenvalue weighted by Gasteiger charge is 2.07.